The van der Waals surface area contributed by atoms with Gasteiger partial charge in [0.25, 0.3) is 0 Å². The van der Waals surface area contributed by atoms with Gasteiger partial charge < -0.3 is 5.32 Å². The topological polar surface area (TPSA) is 57.8 Å². The molecule has 4 nitrogen and oxygen atoms in total. The van der Waals surface area contributed by atoms with Gasteiger partial charge in [-0.2, -0.15) is 5.10 Å². The number of rotatable bonds is 4. The Labute approximate surface area is 118 Å². The van der Waals surface area contributed by atoms with Crippen molar-refractivity contribution in [3.8, 4) is 0 Å². The van der Waals surface area contributed by atoms with E-state index in [9.17, 15) is 4.79 Å². The third-order valence-electron chi connectivity index (χ3n) is 3.92. The predicted molar refractivity (Wildman–Crippen MR) is 77.3 cm³/mol. The van der Waals surface area contributed by atoms with Crippen molar-refractivity contribution in [2.45, 2.75) is 38.6 Å². The minimum absolute atomic E-state index is 0.0179. The molecule has 2 aromatic rings. The van der Waals surface area contributed by atoms with E-state index in [1.165, 1.54) is 24.0 Å². The number of nitrogens with zero attached hydrogens (tertiary/aromatic N) is 1. The Kier molecular flexibility index (Phi) is 3.54. The van der Waals surface area contributed by atoms with Crippen molar-refractivity contribution < 1.29 is 4.79 Å². The van der Waals surface area contributed by atoms with Crippen molar-refractivity contribution in [2.75, 3.05) is 0 Å². The van der Waals surface area contributed by atoms with Crippen molar-refractivity contribution in [3.63, 3.8) is 0 Å². The first kappa shape index (κ1) is 12.9. The number of fused-ring (bicyclic) bond motifs is 1. The highest BCUT2D eigenvalue weighted by Crippen LogP contribution is 2.23. The SMILES string of the molecule is CC(NC(=O)Cc1ccc2c(c1)CCC2)c1cn[nH]c1. The van der Waals surface area contributed by atoms with E-state index in [4.69, 9.17) is 0 Å². The zero-order chi connectivity index (χ0) is 13.9. The lowest BCUT2D eigenvalue weighted by atomic mass is 10.0. The van der Waals surface area contributed by atoms with Gasteiger partial charge in [0.15, 0.2) is 0 Å². The van der Waals surface area contributed by atoms with E-state index < -0.39 is 0 Å². The summed E-state index contributed by atoms with van der Waals surface area (Å²) in [6.07, 6.45) is 7.55. The molecule has 1 aliphatic carbocycles. The van der Waals surface area contributed by atoms with Crippen LogP contribution in [0.2, 0.25) is 0 Å². The third kappa shape index (κ3) is 2.74. The molecule has 4 heteroatoms. The first-order valence-corrected chi connectivity index (χ1v) is 7.11. The molecule has 1 heterocycles. The fraction of sp³-hybridized carbons (Fsp3) is 0.375. The lowest BCUT2D eigenvalue weighted by Crippen LogP contribution is -2.27. The van der Waals surface area contributed by atoms with Crippen molar-refractivity contribution in [1.82, 2.24) is 15.5 Å². The standard InChI is InChI=1S/C16H19N3O/c1-11(15-9-17-18-10-15)19-16(20)8-12-5-6-13-3-2-4-14(13)7-12/h5-7,9-11H,2-4,8H2,1H3,(H,17,18)(H,19,20). The summed E-state index contributed by atoms with van der Waals surface area (Å²) in [6, 6.07) is 6.41. The molecule has 0 radical (unpaired) electrons. The molecular formula is C16H19N3O. The van der Waals surface area contributed by atoms with Gasteiger partial charge in [0.2, 0.25) is 5.91 Å². The van der Waals surface area contributed by atoms with Gasteiger partial charge in [-0.3, -0.25) is 9.89 Å². The van der Waals surface area contributed by atoms with E-state index >= 15 is 0 Å². The molecule has 1 aromatic carbocycles. The maximum atomic E-state index is 12.1. The minimum atomic E-state index is -0.0179. The van der Waals surface area contributed by atoms with E-state index in [0.717, 1.165) is 17.5 Å². The zero-order valence-corrected chi connectivity index (χ0v) is 11.6. The number of H-pyrrole nitrogens is 1. The van der Waals surface area contributed by atoms with Crippen LogP contribution >= 0.6 is 0 Å². The highest BCUT2D eigenvalue weighted by atomic mass is 16.1. The van der Waals surface area contributed by atoms with Crippen LogP contribution in [0.1, 0.15) is 41.6 Å². The van der Waals surface area contributed by atoms with Gasteiger partial charge in [0, 0.05) is 11.8 Å². The number of aryl methyl sites for hydroxylation is 2. The average molecular weight is 269 g/mol. The van der Waals surface area contributed by atoms with Crippen molar-refractivity contribution >= 4 is 5.91 Å². The smallest absolute Gasteiger partial charge is 0.224 e. The van der Waals surface area contributed by atoms with Crippen molar-refractivity contribution in [2.24, 2.45) is 0 Å². The zero-order valence-electron chi connectivity index (χ0n) is 11.6. The first-order chi connectivity index (χ1) is 9.72. The number of amides is 1. The predicted octanol–water partition coefficient (Wildman–Crippen LogP) is 2.32. The third-order valence-corrected chi connectivity index (χ3v) is 3.92. The minimum Gasteiger partial charge on any atom is -0.349 e. The quantitative estimate of drug-likeness (QED) is 0.895. The molecule has 104 valence electrons. The summed E-state index contributed by atoms with van der Waals surface area (Å²) in [5.74, 6) is 0.0525. The average Bonchev–Trinajstić information content (AvgIpc) is 3.09. The van der Waals surface area contributed by atoms with Gasteiger partial charge in [0.1, 0.15) is 0 Å². The first-order valence-electron chi connectivity index (χ1n) is 7.11. The van der Waals surface area contributed by atoms with E-state index in [1.54, 1.807) is 12.4 Å². The number of hydrogen-bond acceptors (Lipinski definition) is 2. The molecular weight excluding hydrogens is 250 g/mol. The summed E-state index contributed by atoms with van der Waals surface area (Å²) in [7, 11) is 0. The fourth-order valence-electron chi connectivity index (χ4n) is 2.79. The van der Waals surface area contributed by atoms with Crippen LogP contribution in [0.15, 0.2) is 30.6 Å². The number of hydrogen-bond donors (Lipinski definition) is 2. The van der Waals surface area contributed by atoms with Crippen LogP contribution in [0.25, 0.3) is 0 Å². The molecule has 1 unspecified atom stereocenters. The molecule has 1 atom stereocenters. The maximum Gasteiger partial charge on any atom is 0.224 e. The Balaban J connectivity index is 1.61. The molecule has 0 bridgehead atoms. The Morgan fingerprint density at radius 2 is 2.25 bits per heavy atom. The van der Waals surface area contributed by atoms with Gasteiger partial charge >= 0.3 is 0 Å². The largest absolute Gasteiger partial charge is 0.349 e. The molecule has 0 saturated carbocycles. The van der Waals surface area contributed by atoms with Crippen LogP contribution in [0.4, 0.5) is 0 Å². The summed E-state index contributed by atoms with van der Waals surface area (Å²) < 4.78 is 0. The molecule has 0 saturated heterocycles. The van der Waals surface area contributed by atoms with Crippen LogP contribution in [0.3, 0.4) is 0 Å². The molecule has 3 rings (SSSR count). The summed E-state index contributed by atoms with van der Waals surface area (Å²) >= 11 is 0. The number of aromatic amines is 1. The van der Waals surface area contributed by atoms with E-state index in [2.05, 4.69) is 33.7 Å². The van der Waals surface area contributed by atoms with Gasteiger partial charge in [-0.05, 0) is 42.9 Å². The summed E-state index contributed by atoms with van der Waals surface area (Å²) in [6.45, 7) is 1.96. The van der Waals surface area contributed by atoms with Crippen molar-refractivity contribution in [1.29, 1.82) is 0 Å². The van der Waals surface area contributed by atoms with Crippen LogP contribution in [-0.2, 0) is 24.1 Å². The Morgan fingerprint density at radius 3 is 3.05 bits per heavy atom. The summed E-state index contributed by atoms with van der Waals surface area (Å²) in [5, 5.41) is 9.66. The molecule has 1 aliphatic rings. The highest BCUT2D eigenvalue weighted by Gasteiger charge is 2.14. The van der Waals surface area contributed by atoms with Crippen molar-refractivity contribution in [3.05, 3.63) is 52.8 Å². The molecule has 0 fully saturated rings. The lowest BCUT2D eigenvalue weighted by molar-refractivity contribution is -0.121. The van der Waals surface area contributed by atoms with E-state index in [1.807, 2.05) is 6.92 Å². The second-order valence-electron chi connectivity index (χ2n) is 5.45. The Hall–Kier alpha value is -2.10. The molecule has 0 spiro atoms. The van der Waals surface area contributed by atoms with Crippen LogP contribution < -0.4 is 5.32 Å². The monoisotopic (exact) mass is 269 g/mol. The Morgan fingerprint density at radius 1 is 1.40 bits per heavy atom. The van der Waals surface area contributed by atoms with Crippen LogP contribution in [0, 0.1) is 0 Å². The second-order valence-corrected chi connectivity index (χ2v) is 5.45. The fourth-order valence-corrected chi connectivity index (χ4v) is 2.79. The summed E-state index contributed by atoms with van der Waals surface area (Å²) in [5.41, 5.74) is 4.95. The lowest BCUT2D eigenvalue weighted by Gasteiger charge is -2.12. The van der Waals surface area contributed by atoms with Crippen LogP contribution in [0.5, 0.6) is 0 Å². The number of aromatic nitrogens is 2. The normalized spacial score (nSPS) is 14.8. The number of carbonyl (C=O) groups excluding carboxylic acids is 1. The number of nitrogens with one attached hydrogen (secondary N) is 2. The Bertz CT molecular complexity index is 604. The highest BCUT2D eigenvalue weighted by molar-refractivity contribution is 5.79. The van der Waals surface area contributed by atoms with Gasteiger partial charge in [-0.25, -0.2) is 0 Å². The van der Waals surface area contributed by atoms with Crippen LogP contribution in [-0.4, -0.2) is 16.1 Å². The molecule has 1 aromatic heterocycles. The van der Waals surface area contributed by atoms with Gasteiger partial charge in [-0.15, -0.1) is 0 Å². The number of carbonyl (C=O) groups is 1. The molecule has 20 heavy (non-hydrogen) atoms. The van der Waals surface area contributed by atoms with E-state index in [0.29, 0.717) is 6.42 Å². The second kappa shape index (κ2) is 5.49. The molecule has 1 amide bonds. The maximum absolute atomic E-state index is 12.1. The molecule has 2 N–H and O–H groups in total. The van der Waals surface area contributed by atoms with E-state index in [-0.39, 0.29) is 11.9 Å². The number of benzene rings is 1. The molecule has 0 aliphatic heterocycles. The van der Waals surface area contributed by atoms with Gasteiger partial charge in [-0.1, -0.05) is 18.2 Å². The van der Waals surface area contributed by atoms with Gasteiger partial charge in [0.05, 0.1) is 18.7 Å². The summed E-state index contributed by atoms with van der Waals surface area (Å²) in [4.78, 5) is 12.1.